The first kappa shape index (κ1) is 28.2. The van der Waals surface area contributed by atoms with Crippen LogP contribution in [0.4, 0.5) is 5.69 Å². The van der Waals surface area contributed by atoms with Gasteiger partial charge in [-0.1, -0.05) is 39.8 Å². The highest BCUT2D eigenvalue weighted by Gasteiger charge is 2.32. The molecule has 1 amide bonds. The van der Waals surface area contributed by atoms with Crippen LogP contribution in [0, 0.1) is 25.7 Å². The second-order valence-corrected chi connectivity index (χ2v) is 12.6. The Morgan fingerprint density at radius 3 is 2.28 bits per heavy atom. The number of sulfonamides is 1. The van der Waals surface area contributed by atoms with Crippen LogP contribution in [-0.2, 0) is 21.9 Å². The van der Waals surface area contributed by atoms with E-state index in [2.05, 4.69) is 43.0 Å². The van der Waals surface area contributed by atoms with Crippen LogP contribution in [0.3, 0.4) is 0 Å². The van der Waals surface area contributed by atoms with Crippen LogP contribution >= 0.6 is 0 Å². The van der Waals surface area contributed by atoms with Gasteiger partial charge in [0.1, 0.15) is 11.4 Å². The molecule has 1 N–H and O–H groups in total. The van der Waals surface area contributed by atoms with Crippen molar-refractivity contribution >= 4 is 21.6 Å². The molecule has 0 aliphatic carbocycles. The van der Waals surface area contributed by atoms with Crippen molar-refractivity contribution in [2.24, 2.45) is 18.9 Å². The molecular formula is C27H43N5O3S. The van der Waals surface area contributed by atoms with Crippen molar-refractivity contribution in [1.29, 1.82) is 0 Å². The van der Waals surface area contributed by atoms with Crippen molar-refractivity contribution in [1.82, 2.24) is 20.0 Å². The number of likely N-dealkylation sites (tertiary alicyclic amines) is 1. The van der Waals surface area contributed by atoms with Crippen LogP contribution in [0.25, 0.3) is 0 Å². The minimum absolute atomic E-state index is 0.152. The topological polar surface area (TPSA) is 87.5 Å². The van der Waals surface area contributed by atoms with E-state index in [1.165, 1.54) is 10.7 Å². The Kier molecular flexibility index (Phi) is 9.22. The average Bonchev–Trinajstić information content (AvgIpc) is 3.06. The summed E-state index contributed by atoms with van der Waals surface area (Å²) in [6, 6.07) is 7.40. The molecule has 9 heteroatoms. The summed E-state index contributed by atoms with van der Waals surface area (Å²) in [7, 11) is -2.28. The maximum absolute atomic E-state index is 13.8. The maximum Gasteiger partial charge on any atom is 0.268 e. The van der Waals surface area contributed by atoms with Gasteiger partial charge >= 0.3 is 0 Å². The van der Waals surface area contributed by atoms with Crippen molar-refractivity contribution in [3.8, 4) is 0 Å². The van der Waals surface area contributed by atoms with E-state index >= 15 is 0 Å². The Morgan fingerprint density at radius 1 is 1.14 bits per heavy atom. The Balaban J connectivity index is 1.73. The molecule has 1 aromatic carbocycles. The number of carbonyl (C=O) groups is 1. The van der Waals surface area contributed by atoms with Crippen LogP contribution in [0.1, 0.15) is 63.4 Å². The highest BCUT2D eigenvalue weighted by atomic mass is 32.2. The van der Waals surface area contributed by atoms with Gasteiger partial charge in [-0.2, -0.15) is 5.10 Å². The third-order valence-electron chi connectivity index (χ3n) is 7.04. The highest BCUT2D eigenvalue weighted by molar-refractivity contribution is 7.93. The Hall–Kier alpha value is -2.39. The van der Waals surface area contributed by atoms with Crippen LogP contribution in [0.2, 0.25) is 0 Å². The van der Waals surface area contributed by atoms with E-state index in [0.29, 0.717) is 41.4 Å². The molecule has 1 fully saturated rings. The normalized spacial score (nSPS) is 19.0. The number of nitrogens with one attached hydrogen (secondary N) is 1. The zero-order valence-corrected chi connectivity index (χ0v) is 23.7. The SMILES string of the molecule is Cc1nn(C)c(C)c1S(=O)(=O)N(CC(=O)NCCCN1C[C@@H](C)C[C@H](C)C1)c1ccc(C(C)C)cc1. The summed E-state index contributed by atoms with van der Waals surface area (Å²) < 4.78 is 30.4. The van der Waals surface area contributed by atoms with E-state index in [-0.39, 0.29) is 17.3 Å². The molecule has 200 valence electrons. The molecule has 36 heavy (non-hydrogen) atoms. The molecule has 0 saturated carbocycles. The lowest BCUT2D eigenvalue weighted by atomic mass is 9.92. The second kappa shape index (κ2) is 11.8. The Bertz CT molecular complexity index is 1130. The fourth-order valence-corrected chi connectivity index (χ4v) is 7.10. The summed E-state index contributed by atoms with van der Waals surface area (Å²) in [5.41, 5.74) is 2.54. The number of benzene rings is 1. The lowest BCUT2D eigenvalue weighted by Gasteiger charge is -2.34. The summed E-state index contributed by atoms with van der Waals surface area (Å²) in [6.07, 6.45) is 2.10. The third-order valence-corrected chi connectivity index (χ3v) is 9.07. The lowest BCUT2D eigenvalue weighted by Crippen LogP contribution is -2.43. The van der Waals surface area contributed by atoms with Gasteiger partial charge in [-0.05, 0) is 68.7 Å². The minimum Gasteiger partial charge on any atom is -0.354 e. The Labute approximate surface area is 217 Å². The first-order chi connectivity index (χ1) is 16.9. The molecule has 0 unspecified atom stereocenters. The molecule has 2 aromatic rings. The highest BCUT2D eigenvalue weighted by Crippen LogP contribution is 2.29. The van der Waals surface area contributed by atoms with Gasteiger partial charge in [-0.15, -0.1) is 0 Å². The van der Waals surface area contributed by atoms with E-state index in [4.69, 9.17) is 0 Å². The quantitative estimate of drug-likeness (QED) is 0.484. The van der Waals surface area contributed by atoms with E-state index in [9.17, 15) is 13.2 Å². The molecule has 2 heterocycles. The molecule has 1 saturated heterocycles. The van der Waals surface area contributed by atoms with Crippen LogP contribution in [0.5, 0.6) is 0 Å². The molecule has 1 aliphatic rings. The summed E-state index contributed by atoms with van der Waals surface area (Å²) >= 11 is 0. The van der Waals surface area contributed by atoms with Crippen molar-refractivity contribution in [3.63, 3.8) is 0 Å². The van der Waals surface area contributed by atoms with Crippen LogP contribution < -0.4 is 9.62 Å². The van der Waals surface area contributed by atoms with Crippen molar-refractivity contribution in [3.05, 3.63) is 41.2 Å². The fraction of sp³-hybridized carbons (Fsp3) is 0.630. The van der Waals surface area contributed by atoms with E-state index in [0.717, 1.165) is 31.6 Å². The van der Waals surface area contributed by atoms with Crippen molar-refractivity contribution in [2.45, 2.75) is 65.2 Å². The van der Waals surface area contributed by atoms with Gasteiger partial charge < -0.3 is 10.2 Å². The number of anilines is 1. The fourth-order valence-electron chi connectivity index (χ4n) is 5.27. The predicted molar refractivity (Wildman–Crippen MR) is 145 cm³/mol. The monoisotopic (exact) mass is 517 g/mol. The number of amides is 1. The van der Waals surface area contributed by atoms with E-state index in [1.807, 2.05) is 12.1 Å². The third kappa shape index (κ3) is 6.68. The molecule has 0 spiro atoms. The van der Waals surface area contributed by atoms with Gasteiger partial charge in [0.05, 0.1) is 17.1 Å². The number of hydrogen-bond acceptors (Lipinski definition) is 5. The van der Waals surface area contributed by atoms with Gasteiger partial charge in [-0.3, -0.25) is 13.8 Å². The van der Waals surface area contributed by atoms with Gasteiger partial charge in [-0.25, -0.2) is 8.42 Å². The molecule has 1 aliphatic heterocycles. The van der Waals surface area contributed by atoms with Crippen molar-refractivity contribution in [2.75, 3.05) is 37.0 Å². The molecule has 3 rings (SSSR count). The zero-order valence-electron chi connectivity index (χ0n) is 22.9. The average molecular weight is 518 g/mol. The number of aromatic nitrogens is 2. The molecule has 0 radical (unpaired) electrons. The number of rotatable bonds is 10. The summed E-state index contributed by atoms with van der Waals surface area (Å²) in [4.78, 5) is 15.6. The van der Waals surface area contributed by atoms with Gasteiger partial charge in [0.25, 0.3) is 10.0 Å². The predicted octanol–water partition coefficient (Wildman–Crippen LogP) is 3.84. The Morgan fingerprint density at radius 2 is 1.75 bits per heavy atom. The number of nitrogens with zero attached hydrogens (tertiary/aromatic N) is 4. The smallest absolute Gasteiger partial charge is 0.268 e. The van der Waals surface area contributed by atoms with E-state index < -0.39 is 10.0 Å². The molecular weight excluding hydrogens is 474 g/mol. The summed E-state index contributed by atoms with van der Waals surface area (Å²) in [6.45, 7) is 15.5. The zero-order chi connectivity index (χ0) is 26.6. The first-order valence-electron chi connectivity index (χ1n) is 13.0. The number of carbonyl (C=O) groups excluding carboxylic acids is 1. The molecule has 8 nitrogen and oxygen atoms in total. The van der Waals surface area contributed by atoms with Crippen LogP contribution in [-0.4, -0.2) is 61.7 Å². The first-order valence-corrected chi connectivity index (χ1v) is 14.5. The standard InChI is InChI=1S/C27H43N5O3S/c1-19(2)24-9-11-25(12-10-24)32(36(34,35)27-22(5)29-30(7)23(27)6)18-26(33)28-13-8-14-31-16-20(3)15-21(4)17-31/h9-12,19-21H,8,13-18H2,1-7H3,(H,28,33)/t20-,21-/m0/s1. The maximum atomic E-state index is 13.8. The van der Waals surface area contributed by atoms with Crippen molar-refractivity contribution < 1.29 is 13.2 Å². The summed E-state index contributed by atoms with van der Waals surface area (Å²) in [5, 5.41) is 7.23. The largest absolute Gasteiger partial charge is 0.354 e. The number of hydrogen-bond donors (Lipinski definition) is 1. The van der Waals surface area contributed by atoms with Gasteiger partial charge in [0.2, 0.25) is 5.91 Å². The van der Waals surface area contributed by atoms with Gasteiger partial charge in [0, 0.05) is 26.7 Å². The number of piperidine rings is 1. The lowest BCUT2D eigenvalue weighted by molar-refractivity contribution is -0.119. The van der Waals surface area contributed by atoms with Crippen LogP contribution in [0.15, 0.2) is 29.2 Å². The second-order valence-electron chi connectivity index (χ2n) is 10.8. The minimum atomic E-state index is -4.00. The molecule has 1 aromatic heterocycles. The van der Waals surface area contributed by atoms with Gasteiger partial charge in [0.15, 0.2) is 0 Å². The van der Waals surface area contributed by atoms with E-state index in [1.54, 1.807) is 37.7 Å². The number of aryl methyl sites for hydroxylation is 2. The molecule has 2 atom stereocenters. The molecule has 0 bridgehead atoms. The summed E-state index contributed by atoms with van der Waals surface area (Å²) in [5.74, 6) is 1.40.